The van der Waals surface area contributed by atoms with Crippen molar-refractivity contribution in [2.45, 2.75) is 26.3 Å². The zero-order valence-electron chi connectivity index (χ0n) is 13.1. The highest BCUT2D eigenvalue weighted by Gasteiger charge is 2.21. The molecular formula is C17H20N3OS2+. The summed E-state index contributed by atoms with van der Waals surface area (Å²) in [4.78, 5) is 23.8. The van der Waals surface area contributed by atoms with Gasteiger partial charge in [0.15, 0.2) is 5.82 Å². The molecule has 0 unspecified atom stereocenters. The maximum absolute atomic E-state index is 12.6. The number of thiophene rings is 2. The van der Waals surface area contributed by atoms with Crippen LogP contribution in [0.4, 0.5) is 0 Å². The maximum Gasteiger partial charge on any atom is 0.260 e. The number of nitrogens with zero attached hydrogens (tertiary/aromatic N) is 1. The highest BCUT2D eigenvalue weighted by atomic mass is 32.1. The summed E-state index contributed by atoms with van der Waals surface area (Å²) in [6.07, 6.45) is 2.53. The van der Waals surface area contributed by atoms with Crippen LogP contribution in [0.3, 0.4) is 0 Å². The predicted molar refractivity (Wildman–Crippen MR) is 96.4 cm³/mol. The molecule has 4 rings (SSSR count). The molecule has 2 N–H and O–H groups in total. The van der Waals surface area contributed by atoms with E-state index in [9.17, 15) is 4.79 Å². The summed E-state index contributed by atoms with van der Waals surface area (Å²) < 4.78 is 0. The standard InChI is InChI=1S/C17H19N3OS2/c1-11-4-6-20(7-5-11)9-14-18-16(21)15-12(10-23-17(15)19-14)13-3-2-8-22-13/h2-3,8,10-11H,4-7,9H2,1H3,(H,18,19,21)/p+1. The average Bonchev–Trinajstić information content (AvgIpc) is 3.18. The van der Waals surface area contributed by atoms with Gasteiger partial charge in [0.2, 0.25) is 0 Å². The van der Waals surface area contributed by atoms with Gasteiger partial charge >= 0.3 is 0 Å². The van der Waals surface area contributed by atoms with E-state index in [1.807, 2.05) is 11.4 Å². The third-order valence-electron chi connectivity index (χ3n) is 4.68. The first-order chi connectivity index (χ1) is 11.2. The van der Waals surface area contributed by atoms with Crippen LogP contribution < -0.4 is 10.5 Å². The molecule has 3 aromatic rings. The average molecular weight is 347 g/mol. The van der Waals surface area contributed by atoms with Crippen molar-refractivity contribution in [2.24, 2.45) is 5.92 Å². The molecule has 4 nitrogen and oxygen atoms in total. The Morgan fingerprint density at radius 1 is 1.35 bits per heavy atom. The Kier molecular flexibility index (Phi) is 4.05. The number of hydrogen-bond donors (Lipinski definition) is 2. The molecule has 3 aromatic heterocycles. The Hall–Kier alpha value is -1.50. The summed E-state index contributed by atoms with van der Waals surface area (Å²) >= 11 is 3.23. The summed E-state index contributed by atoms with van der Waals surface area (Å²) in [5.41, 5.74) is 1.01. The Bertz CT molecular complexity index is 858. The monoisotopic (exact) mass is 346 g/mol. The molecule has 4 heterocycles. The van der Waals surface area contributed by atoms with Crippen LogP contribution in [0.1, 0.15) is 25.6 Å². The van der Waals surface area contributed by atoms with Gasteiger partial charge in [0, 0.05) is 15.8 Å². The summed E-state index contributed by atoms with van der Waals surface area (Å²) in [5, 5.41) is 4.83. The van der Waals surface area contributed by atoms with Gasteiger partial charge in [0.25, 0.3) is 5.56 Å². The lowest BCUT2D eigenvalue weighted by atomic mass is 9.99. The molecule has 6 heteroatoms. The molecule has 1 aliphatic heterocycles. The van der Waals surface area contributed by atoms with Gasteiger partial charge < -0.3 is 9.88 Å². The van der Waals surface area contributed by atoms with Gasteiger partial charge in [-0.2, -0.15) is 0 Å². The van der Waals surface area contributed by atoms with Crippen molar-refractivity contribution in [2.75, 3.05) is 13.1 Å². The van der Waals surface area contributed by atoms with Gasteiger partial charge in [-0.1, -0.05) is 13.0 Å². The second-order valence-electron chi connectivity index (χ2n) is 6.43. The van der Waals surface area contributed by atoms with E-state index in [-0.39, 0.29) is 5.56 Å². The van der Waals surface area contributed by atoms with Crippen molar-refractivity contribution >= 4 is 32.9 Å². The number of aromatic amines is 1. The molecule has 0 aromatic carbocycles. The van der Waals surface area contributed by atoms with Crippen molar-refractivity contribution in [1.29, 1.82) is 0 Å². The van der Waals surface area contributed by atoms with E-state index in [1.54, 1.807) is 22.7 Å². The van der Waals surface area contributed by atoms with E-state index in [0.717, 1.165) is 38.9 Å². The molecule has 1 saturated heterocycles. The quantitative estimate of drug-likeness (QED) is 0.766. The number of quaternary nitrogens is 1. The summed E-state index contributed by atoms with van der Waals surface area (Å²) in [5.74, 6) is 1.66. The molecule has 0 aliphatic carbocycles. The lowest BCUT2D eigenvalue weighted by molar-refractivity contribution is -0.920. The largest absolute Gasteiger partial charge is 0.329 e. The third-order valence-corrected chi connectivity index (χ3v) is 6.45. The molecule has 0 saturated carbocycles. The Morgan fingerprint density at radius 3 is 2.91 bits per heavy atom. The fraction of sp³-hybridized carbons (Fsp3) is 0.412. The molecular weight excluding hydrogens is 326 g/mol. The minimum absolute atomic E-state index is 0.000530. The summed E-state index contributed by atoms with van der Waals surface area (Å²) in [7, 11) is 0. The van der Waals surface area contributed by atoms with Crippen LogP contribution in [0.25, 0.3) is 20.7 Å². The number of hydrogen-bond acceptors (Lipinski definition) is 4. The first kappa shape index (κ1) is 15.1. The van der Waals surface area contributed by atoms with Gasteiger partial charge in [0.1, 0.15) is 11.4 Å². The highest BCUT2D eigenvalue weighted by molar-refractivity contribution is 7.18. The van der Waals surface area contributed by atoms with Crippen molar-refractivity contribution < 1.29 is 4.90 Å². The normalized spacial score (nSPS) is 21.8. The predicted octanol–water partition coefficient (Wildman–Crippen LogP) is 2.53. The molecule has 120 valence electrons. The topological polar surface area (TPSA) is 50.2 Å². The van der Waals surface area contributed by atoms with Gasteiger partial charge in [0.05, 0.1) is 18.5 Å². The van der Waals surface area contributed by atoms with Crippen molar-refractivity contribution in [3.05, 3.63) is 39.1 Å². The molecule has 0 atom stereocenters. The number of rotatable bonds is 3. The van der Waals surface area contributed by atoms with Gasteiger partial charge in [-0.15, -0.1) is 22.7 Å². The second kappa shape index (κ2) is 6.19. The Morgan fingerprint density at radius 2 is 2.17 bits per heavy atom. The number of H-pyrrole nitrogens is 1. The van der Waals surface area contributed by atoms with E-state index in [0.29, 0.717) is 0 Å². The Balaban J connectivity index is 1.65. The van der Waals surface area contributed by atoms with Crippen LogP contribution in [0, 0.1) is 5.92 Å². The third kappa shape index (κ3) is 2.98. The lowest BCUT2D eigenvalue weighted by Gasteiger charge is -2.26. The minimum atomic E-state index is -0.000530. The second-order valence-corrected chi connectivity index (χ2v) is 8.23. The van der Waals surface area contributed by atoms with Gasteiger partial charge in [-0.3, -0.25) is 4.79 Å². The molecule has 0 spiro atoms. The van der Waals surface area contributed by atoms with Crippen LogP contribution in [0.15, 0.2) is 27.7 Å². The Labute approximate surface area is 142 Å². The van der Waals surface area contributed by atoms with Gasteiger partial charge in [-0.25, -0.2) is 4.98 Å². The molecule has 1 fully saturated rings. The number of piperidine rings is 1. The molecule has 0 bridgehead atoms. The van der Waals surface area contributed by atoms with E-state index >= 15 is 0 Å². The van der Waals surface area contributed by atoms with Crippen molar-refractivity contribution in [3.8, 4) is 10.4 Å². The van der Waals surface area contributed by atoms with Crippen LogP contribution in [-0.2, 0) is 6.54 Å². The molecule has 1 aliphatic rings. The fourth-order valence-corrected chi connectivity index (χ4v) is 5.06. The van der Waals surface area contributed by atoms with E-state index in [1.165, 1.54) is 30.8 Å². The zero-order chi connectivity index (χ0) is 15.8. The minimum Gasteiger partial charge on any atom is -0.329 e. The first-order valence-electron chi connectivity index (χ1n) is 8.08. The number of fused-ring (bicyclic) bond motifs is 1. The van der Waals surface area contributed by atoms with Crippen LogP contribution in [0.5, 0.6) is 0 Å². The lowest BCUT2D eigenvalue weighted by Crippen LogP contribution is -3.11. The van der Waals surface area contributed by atoms with Crippen LogP contribution in [0.2, 0.25) is 0 Å². The summed E-state index contributed by atoms with van der Waals surface area (Å²) in [6.45, 7) is 5.49. The molecule has 0 radical (unpaired) electrons. The molecule has 0 amide bonds. The van der Waals surface area contributed by atoms with Crippen molar-refractivity contribution in [1.82, 2.24) is 9.97 Å². The maximum atomic E-state index is 12.6. The number of aromatic nitrogens is 2. The summed E-state index contributed by atoms with van der Waals surface area (Å²) in [6, 6.07) is 4.07. The van der Waals surface area contributed by atoms with Crippen molar-refractivity contribution in [3.63, 3.8) is 0 Å². The van der Waals surface area contributed by atoms with Gasteiger partial charge in [-0.05, 0) is 30.2 Å². The number of likely N-dealkylation sites (tertiary alicyclic amines) is 1. The fourth-order valence-electron chi connectivity index (χ4n) is 3.27. The van der Waals surface area contributed by atoms with E-state index in [2.05, 4.69) is 23.4 Å². The van der Waals surface area contributed by atoms with Crippen LogP contribution in [-0.4, -0.2) is 23.1 Å². The van der Waals surface area contributed by atoms with Crippen LogP contribution >= 0.6 is 22.7 Å². The van der Waals surface area contributed by atoms with E-state index in [4.69, 9.17) is 4.98 Å². The molecule has 23 heavy (non-hydrogen) atoms. The number of nitrogens with one attached hydrogen (secondary N) is 2. The smallest absolute Gasteiger partial charge is 0.260 e. The SMILES string of the molecule is CC1CC[NH+](Cc2nc3scc(-c4cccs4)c3c(=O)[nH]2)CC1. The highest BCUT2D eigenvalue weighted by Crippen LogP contribution is 2.33. The zero-order valence-corrected chi connectivity index (χ0v) is 14.7. The van der Waals surface area contributed by atoms with E-state index < -0.39 is 0 Å². The first-order valence-corrected chi connectivity index (χ1v) is 9.84.